The SMILES string of the molecule is CCC1(c2cnc(C)s2)CC1. The second-order valence-electron chi connectivity index (χ2n) is 3.38. The molecule has 0 atom stereocenters. The van der Waals surface area contributed by atoms with E-state index in [2.05, 4.69) is 25.0 Å². The van der Waals surface area contributed by atoms with Gasteiger partial charge in [-0.2, -0.15) is 0 Å². The summed E-state index contributed by atoms with van der Waals surface area (Å²) in [5.74, 6) is 0. The number of rotatable bonds is 2. The first kappa shape index (κ1) is 7.29. The van der Waals surface area contributed by atoms with Crippen LogP contribution in [0.3, 0.4) is 0 Å². The van der Waals surface area contributed by atoms with Crippen LogP contribution in [-0.4, -0.2) is 4.98 Å². The van der Waals surface area contributed by atoms with Gasteiger partial charge < -0.3 is 0 Å². The van der Waals surface area contributed by atoms with Gasteiger partial charge in [0.05, 0.1) is 5.01 Å². The molecule has 1 aromatic rings. The molecule has 1 heterocycles. The molecule has 1 aliphatic rings. The first-order valence-corrected chi connectivity index (χ1v) is 5.01. The molecule has 60 valence electrons. The molecule has 0 N–H and O–H groups in total. The quantitative estimate of drug-likeness (QED) is 0.660. The van der Waals surface area contributed by atoms with E-state index in [1.54, 1.807) is 0 Å². The van der Waals surface area contributed by atoms with E-state index < -0.39 is 0 Å². The van der Waals surface area contributed by atoms with Crippen LogP contribution in [-0.2, 0) is 5.41 Å². The third-order valence-electron chi connectivity index (χ3n) is 2.67. The van der Waals surface area contributed by atoms with Crippen molar-refractivity contribution in [1.29, 1.82) is 0 Å². The van der Waals surface area contributed by atoms with Gasteiger partial charge in [-0.05, 0) is 26.2 Å². The summed E-state index contributed by atoms with van der Waals surface area (Å²) in [4.78, 5) is 5.80. The Kier molecular flexibility index (Phi) is 1.53. The fourth-order valence-electron chi connectivity index (χ4n) is 1.53. The van der Waals surface area contributed by atoms with Gasteiger partial charge in [0, 0.05) is 16.5 Å². The zero-order valence-electron chi connectivity index (χ0n) is 7.05. The van der Waals surface area contributed by atoms with Gasteiger partial charge in [0.2, 0.25) is 0 Å². The highest BCUT2D eigenvalue weighted by Crippen LogP contribution is 2.52. The summed E-state index contributed by atoms with van der Waals surface area (Å²) >= 11 is 1.87. The zero-order chi connectivity index (χ0) is 7.90. The summed E-state index contributed by atoms with van der Waals surface area (Å²) in [5.41, 5.74) is 0.561. The second-order valence-corrected chi connectivity index (χ2v) is 4.61. The van der Waals surface area contributed by atoms with Crippen LogP contribution in [0.5, 0.6) is 0 Å². The highest BCUT2D eigenvalue weighted by molar-refractivity contribution is 7.11. The highest BCUT2D eigenvalue weighted by atomic mass is 32.1. The van der Waals surface area contributed by atoms with Crippen LogP contribution in [0.15, 0.2) is 6.20 Å². The van der Waals surface area contributed by atoms with Gasteiger partial charge in [0.15, 0.2) is 0 Å². The minimum absolute atomic E-state index is 0.561. The van der Waals surface area contributed by atoms with E-state index in [-0.39, 0.29) is 0 Å². The van der Waals surface area contributed by atoms with E-state index in [0.717, 1.165) is 0 Å². The van der Waals surface area contributed by atoms with Crippen LogP contribution in [0.2, 0.25) is 0 Å². The van der Waals surface area contributed by atoms with Crippen molar-refractivity contribution < 1.29 is 0 Å². The van der Waals surface area contributed by atoms with Crippen LogP contribution < -0.4 is 0 Å². The molecular formula is C9H13NS. The van der Waals surface area contributed by atoms with Crippen LogP contribution >= 0.6 is 11.3 Å². The third kappa shape index (κ3) is 1.09. The Hall–Kier alpha value is -0.370. The number of aromatic nitrogens is 1. The molecule has 1 nitrogen and oxygen atoms in total. The Morgan fingerprint density at radius 1 is 1.64 bits per heavy atom. The molecule has 2 heteroatoms. The van der Waals surface area contributed by atoms with Gasteiger partial charge in [0.1, 0.15) is 0 Å². The average molecular weight is 167 g/mol. The molecule has 1 aliphatic carbocycles. The van der Waals surface area contributed by atoms with Crippen molar-refractivity contribution in [2.45, 2.75) is 38.5 Å². The summed E-state index contributed by atoms with van der Waals surface area (Å²) in [6.45, 7) is 4.36. The van der Waals surface area contributed by atoms with Crippen molar-refractivity contribution in [1.82, 2.24) is 4.98 Å². The van der Waals surface area contributed by atoms with Crippen molar-refractivity contribution in [3.05, 3.63) is 16.1 Å². The largest absolute Gasteiger partial charge is 0.250 e. The summed E-state index contributed by atoms with van der Waals surface area (Å²) < 4.78 is 0. The average Bonchev–Trinajstić information content (AvgIpc) is 2.70. The molecule has 0 aromatic carbocycles. The van der Waals surface area contributed by atoms with Crippen molar-refractivity contribution in [3.8, 4) is 0 Å². The number of hydrogen-bond acceptors (Lipinski definition) is 2. The minimum Gasteiger partial charge on any atom is -0.250 e. The maximum atomic E-state index is 4.29. The molecule has 1 aromatic heterocycles. The topological polar surface area (TPSA) is 12.9 Å². The zero-order valence-corrected chi connectivity index (χ0v) is 7.87. The van der Waals surface area contributed by atoms with Crippen LogP contribution in [0.25, 0.3) is 0 Å². The predicted molar refractivity (Wildman–Crippen MR) is 48.1 cm³/mol. The number of aryl methyl sites for hydroxylation is 1. The van der Waals surface area contributed by atoms with Crippen LogP contribution in [0, 0.1) is 6.92 Å². The maximum absolute atomic E-state index is 4.29. The van der Waals surface area contributed by atoms with E-state index in [0.29, 0.717) is 5.41 Å². The van der Waals surface area contributed by atoms with Crippen molar-refractivity contribution in [3.63, 3.8) is 0 Å². The Morgan fingerprint density at radius 2 is 2.36 bits per heavy atom. The molecule has 0 unspecified atom stereocenters. The molecule has 0 saturated heterocycles. The van der Waals surface area contributed by atoms with E-state index >= 15 is 0 Å². The molecule has 0 amide bonds. The fraction of sp³-hybridized carbons (Fsp3) is 0.667. The first-order valence-electron chi connectivity index (χ1n) is 4.20. The Morgan fingerprint density at radius 3 is 2.73 bits per heavy atom. The summed E-state index contributed by atoms with van der Waals surface area (Å²) in [6, 6.07) is 0. The third-order valence-corrected chi connectivity index (χ3v) is 3.83. The van der Waals surface area contributed by atoms with Crippen molar-refractivity contribution >= 4 is 11.3 Å². The standard InChI is InChI=1S/C9H13NS/c1-3-9(4-5-9)8-6-10-7(2)11-8/h6H,3-5H2,1-2H3. The van der Waals surface area contributed by atoms with Gasteiger partial charge in [0.25, 0.3) is 0 Å². The van der Waals surface area contributed by atoms with E-state index in [1.807, 2.05) is 11.3 Å². The van der Waals surface area contributed by atoms with Crippen LogP contribution in [0.4, 0.5) is 0 Å². The Balaban J connectivity index is 2.29. The fourth-order valence-corrected chi connectivity index (χ4v) is 2.63. The molecule has 11 heavy (non-hydrogen) atoms. The van der Waals surface area contributed by atoms with Gasteiger partial charge in [-0.25, -0.2) is 4.98 Å². The van der Waals surface area contributed by atoms with E-state index in [9.17, 15) is 0 Å². The second kappa shape index (κ2) is 2.31. The maximum Gasteiger partial charge on any atom is 0.0896 e. The van der Waals surface area contributed by atoms with Crippen molar-refractivity contribution in [2.75, 3.05) is 0 Å². The summed E-state index contributed by atoms with van der Waals surface area (Å²) in [6.07, 6.45) is 6.11. The van der Waals surface area contributed by atoms with E-state index in [4.69, 9.17) is 0 Å². The first-order chi connectivity index (χ1) is 5.27. The van der Waals surface area contributed by atoms with Gasteiger partial charge >= 0.3 is 0 Å². The number of thiazole rings is 1. The van der Waals surface area contributed by atoms with E-state index in [1.165, 1.54) is 29.1 Å². The lowest BCUT2D eigenvalue weighted by Crippen LogP contribution is -2.00. The molecule has 1 fully saturated rings. The Bertz CT molecular complexity index is 260. The number of nitrogens with zero attached hydrogens (tertiary/aromatic N) is 1. The molecule has 1 saturated carbocycles. The predicted octanol–water partition coefficient (Wildman–Crippen LogP) is 2.89. The molecule has 0 aliphatic heterocycles. The van der Waals surface area contributed by atoms with Crippen LogP contribution in [0.1, 0.15) is 36.1 Å². The molecule has 0 bridgehead atoms. The van der Waals surface area contributed by atoms with Gasteiger partial charge in [-0.1, -0.05) is 6.92 Å². The van der Waals surface area contributed by atoms with Gasteiger partial charge in [-0.15, -0.1) is 11.3 Å². The highest BCUT2D eigenvalue weighted by Gasteiger charge is 2.43. The lowest BCUT2D eigenvalue weighted by molar-refractivity contribution is 0.676. The minimum atomic E-state index is 0.561. The molecule has 0 spiro atoms. The number of hydrogen-bond donors (Lipinski definition) is 0. The lowest BCUT2D eigenvalue weighted by atomic mass is 10.0. The Labute approximate surface area is 71.5 Å². The monoisotopic (exact) mass is 167 g/mol. The smallest absolute Gasteiger partial charge is 0.0896 e. The van der Waals surface area contributed by atoms with Gasteiger partial charge in [-0.3, -0.25) is 0 Å². The molecular weight excluding hydrogens is 154 g/mol. The normalized spacial score (nSPS) is 20.2. The van der Waals surface area contributed by atoms with Crippen molar-refractivity contribution in [2.24, 2.45) is 0 Å². The molecule has 2 rings (SSSR count). The summed E-state index contributed by atoms with van der Waals surface area (Å²) in [5, 5.41) is 1.21. The lowest BCUT2D eigenvalue weighted by Gasteiger charge is -2.06. The summed E-state index contributed by atoms with van der Waals surface area (Å²) in [7, 11) is 0. The molecule has 0 radical (unpaired) electrons.